The molecule has 0 N–H and O–H groups in total. The second kappa shape index (κ2) is 1.39. The van der Waals surface area contributed by atoms with Gasteiger partial charge in [0.1, 0.15) is 5.06 Å². The van der Waals surface area contributed by atoms with Gasteiger partial charge in [0.25, 0.3) is 0 Å². The van der Waals surface area contributed by atoms with Gasteiger partial charge in [-0.1, -0.05) is 11.6 Å². The molecule has 1 aliphatic carbocycles. The van der Waals surface area contributed by atoms with Crippen molar-refractivity contribution < 1.29 is 4.74 Å². The van der Waals surface area contributed by atoms with E-state index in [1.807, 2.05) is 0 Å². The van der Waals surface area contributed by atoms with Crippen LogP contribution in [0, 0.1) is 5.92 Å². The summed E-state index contributed by atoms with van der Waals surface area (Å²) in [6.45, 7) is 0.883. The monoisotopic (exact) mass is 132 g/mol. The summed E-state index contributed by atoms with van der Waals surface area (Å²) in [5, 5.41) is -0.194. The second-order valence-electron chi connectivity index (χ2n) is 2.66. The quantitative estimate of drug-likeness (QED) is 0.457. The van der Waals surface area contributed by atoms with Crippen LogP contribution in [0.25, 0.3) is 0 Å². The van der Waals surface area contributed by atoms with Crippen molar-refractivity contribution in [1.29, 1.82) is 0 Å². The van der Waals surface area contributed by atoms with Gasteiger partial charge < -0.3 is 4.74 Å². The molecule has 0 aromatic heterocycles. The maximum atomic E-state index is 5.98. The Balaban J connectivity index is 2.14. The van der Waals surface area contributed by atoms with Crippen LogP contribution < -0.4 is 0 Å². The van der Waals surface area contributed by atoms with E-state index >= 15 is 0 Å². The van der Waals surface area contributed by atoms with Gasteiger partial charge in [-0.15, -0.1) is 0 Å². The Morgan fingerprint density at radius 1 is 1.50 bits per heavy atom. The summed E-state index contributed by atoms with van der Waals surface area (Å²) in [5.74, 6) is 0.684. The Labute approximate surface area is 54.0 Å². The number of fused-ring (bicyclic) bond motifs is 1. The highest BCUT2D eigenvalue weighted by Crippen LogP contribution is 2.50. The molecule has 46 valence electrons. The molecule has 2 aliphatic rings. The standard InChI is InChI=1S/C6H9ClO/c7-6-3-1-5(6)2-4-8-6/h5H,1-4H2. The average molecular weight is 133 g/mol. The minimum absolute atomic E-state index is 0.194. The van der Waals surface area contributed by atoms with E-state index in [4.69, 9.17) is 16.3 Å². The predicted octanol–water partition coefficient (Wildman–Crippen LogP) is 1.75. The highest BCUT2D eigenvalue weighted by atomic mass is 35.5. The lowest BCUT2D eigenvalue weighted by molar-refractivity contribution is -0.00670. The first-order chi connectivity index (χ1) is 3.81. The minimum atomic E-state index is -0.194. The average Bonchev–Trinajstić information content (AvgIpc) is 1.94. The Morgan fingerprint density at radius 2 is 2.38 bits per heavy atom. The van der Waals surface area contributed by atoms with Crippen molar-refractivity contribution in [3.63, 3.8) is 0 Å². The van der Waals surface area contributed by atoms with Crippen molar-refractivity contribution in [2.24, 2.45) is 5.92 Å². The molecule has 1 heterocycles. The van der Waals surface area contributed by atoms with Crippen molar-refractivity contribution in [1.82, 2.24) is 0 Å². The van der Waals surface area contributed by atoms with E-state index in [0.717, 1.165) is 13.0 Å². The molecule has 0 bridgehead atoms. The summed E-state index contributed by atoms with van der Waals surface area (Å²) in [4.78, 5) is 0. The van der Waals surface area contributed by atoms with Crippen molar-refractivity contribution in [2.45, 2.75) is 24.3 Å². The van der Waals surface area contributed by atoms with Crippen molar-refractivity contribution in [3.8, 4) is 0 Å². The van der Waals surface area contributed by atoms with Crippen LogP contribution in [0.15, 0.2) is 0 Å². The number of halogens is 1. The third-order valence-corrected chi connectivity index (χ3v) is 2.86. The van der Waals surface area contributed by atoms with E-state index in [1.165, 1.54) is 12.8 Å². The summed E-state index contributed by atoms with van der Waals surface area (Å²) in [5.41, 5.74) is 0. The third kappa shape index (κ3) is 0.465. The molecule has 2 rings (SSSR count). The van der Waals surface area contributed by atoms with E-state index in [1.54, 1.807) is 0 Å². The summed E-state index contributed by atoms with van der Waals surface area (Å²) in [6.07, 6.45) is 3.53. The molecule has 8 heavy (non-hydrogen) atoms. The van der Waals surface area contributed by atoms with Crippen LogP contribution >= 0.6 is 11.6 Å². The number of hydrogen-bond acceptors (Lipinski definition) is 1. The Kier molecular flexibility index (Phi) is 0.884. The molecule has 0 amide bonds. The molecule has 2 unspecified atom stereocenters. The molecule has 2 fully saturated rings. The first kappa shape index (κ1) is 5.07. The maximum absolute atomic E-state index is 5.98. The van der Waals surface area contributed by atoms with Crippen LogP contribution in [-0.2, 0) is 4.74 Å². The van der Waals surface area contributed by atoms with Gasteiger partial charge in [0.05, 0.1) is 0 Å². The van der Waals surface area contributed by atoms with Crippen LogP contribution in [0.3, 0.4) is 0 Å². The molecule has 1 nitrogen and oxygen atoms in total. The lowest BCUT2D eigenvalue weighted by Crippen LogP contribution is -2.38. The Bertz CT molecular complexity index is 115. The summed E-state index contributed by atoms with van der Waals surface area (Å²) in [7, 11) is 0. The minimum Gasteiger partial charge on any atom is -0.359 e. The molecule has 1 saturated carbocycles. The van der Waals surface area contributed by atoms with E-state index in [9.17, 15) is 0 Å². The zero-order chi connectivity index (χ0) is 5.61. The lowest BCUT2D eigenvalue weighted by atomic mass is 9.81. The number of alkyl halides is 1. The largest absolute Gasteiger partial charge is 0.359 e. The fourth-order valence-electron chi connectivity index (χ4n) is 1.50. The van der Waals surface area contributed by atoms with Crippen molar-refractivity contribution >= 4 is 11.6 Å². The topological polar surface area (TPSA) is 9.23 Å². The molecule has 0 aromatic rings. The SMILES string of the molecule is ClC12CCC1CCO2. The van der Waals surface area contributed by atoms with E-state index in [0.29, 0.717) is 5.92 Å². The fourth-order valence-corrected chi connectivity index (χ4v) is 1.90. The molecule has 1 saturated heterocycles. The van der Waals surface area contributed by atoms with Gasteiger partial charge in [-0.25, -0.2) is 0 Å². The molecular weight excluding hydrogens is 124 g/mol. The van der Waals surface area contributed by atoms with Crippen molar-refractivity contribution in [3.05, 3.63) is 0 Å². The summed E-state index contributed by atoms with van der Waals surface area (Å²) < 4.78 is 5.30. The predicted molar refractivity (Wildman–Crippen MR) is 31.9 cm³/mol. The van der Waals surface area contributed by atoms with Gasteiger partial charge in [-0.3, -0.25) is 0 Å². The van der Waals surface area contributed by atoms with Gasteiger partial charge in [-0.05, 0) is 19.3 Å². The lowest BCUT2D eigenvalue weighted by Gasteiger charge is -2.37. The van der Waals surface area contributed by atoms with Crippen LogP contribution in [0.2, 0.25) is 0 Å². The van der Waals surface area contributed by atoms with Crippen LogP contribution in [0.1, 0.15) is 19.3 Å². The number of rotatable bonds is 0. The normalized spacial score (nSPS) is 52.9. The van der Waals surface area contributed by atoms with Gasteiger partial charge in [0, 0.05) is 12.5 Å². The van der Waals surface area contributed by atoms with Gasteiger partial charge >= 0.3 is 0 Å². The Morgan fingerprint density at radius 3 is 2.62 bits per heavy atom. The first-order valence-electron chi connectivity index (χ1n) is 3.14. The van der Waals surface area contributed by atoms with E-state index in [-0.39, 0.29) is 5.06 Å². The Hall–Kier alpha value is 0.250. The zero-order valence-corrected chi connectivity index (χ0v) is 5.45. The molecule has 0 spiro atoms. The number of hydrogen-bond donors (Lipinski definition) is 0. The van der Waals surface area contributed by atoms with E-state index < -0.39 is 0 Å². The van der Waals surface area contributed by atoms with Crippen LogP contribution in [0.4, 0.5) is 0 Å². The smallest absolute Gasteiger partial charge is 0.144 e. The summed E-state index contributed by atoms with van der Waals surface area (Å²) >= 11 is 5.98. The van der Waals surface area contributed by atoms with E-state index in [2.05, 4.69) is 0 Å². The van der Waals surface area contributed by atoms with Gasteiger partial charge in [-0.2, -0.15) is 0 Å². The summed E-state index contributed by atoms with van der Waals surface area (Å²) in [6, 6.07) is 0. The maximum Gasteiger partial charge on any atom is 0.144 e. The fraction of sp³-hybridized carbons (Fsp3) is 1.00. The van der Waals surface area contributed by atoms with Crippen LogP contribution in [-0.4, -0.2) is 11.7 Å². The molecule has 0 aromatic carbocycles. The van der Waals surface area contributed by atoms with Gasteiger partial charge in [0.2, 0.25) is 0 Å². The molecule has 2 atom stereocenters. The van der Waals surface area contributed by atoms with Gasteiger partial charge in [0.15, 0.2) is 0 Å². The highest BCUT2D eigenvalue weighted by Gasteiger charge is 2.49. The molecular formula is C6H9ClO. The zero-order valence-electron chi connectivity index (χ0n) is 4.69. The highest BCUT2D eigenvalue weighted by molar-refractivity contribution is 6.23. The molecule has 0 radical (unpaired) electrons. The van der Waals surface area contributed by atoms with Crippen molar-refractivity contribution in [2.75, 3.05) is 6.61 Å². The molecule has 1 aliphatic heterocycles. The third-order valence-electron chi connectivity index (χ3n) is 2.25. The van der Waals surface area contributed by atoms with Crippen LogP contribution in [0.5, 0.6) is 0 Å². The first-order valence-corrected chi connectivity index (χ1v) is 3.52. The second-order valence-corrected chi connectivity index (χ2v) is 3.30. The number of ether oxygens (including phenoxy) is 1. The molecule has 2 heteroatoms.